The molecule has 1 aliphatic heterocycles. The van der Waals surface area contributed by atoms with Crippen molar-refractivity contribution in [1.29, 1.82) is 0 Å². The van der Waals surface area contributed by atoms with E-state index in [0.717, 1.165) is 12.5 Å². The van der Waals surface area contributed by atoms with Gasteiger partial charge in [-0.05, 0) is 18.4 Å². The van der Waals surface area contributed by atoms with E-state index >= 15 is 0 Å². The van der Waals surface area contributed by atoms with E-state index in [1.807, 2.05) is 0 Å². The van der Waals surface area contributed by atoms with Crippen LogP contribution in [-0.4, -0.2) is 17.6 Å². The second kappa shape index (κ2) is 3.77. The lowest BCUT2D eigenvalue weighted by molar-refractivity contribution is 0.244. The van der Waals surface area contributed by atoms with Crippen LogP contribution in [-0.2, 0) is 0 Å². The molecule has 1 heterocycles. The Balaban J connectivity index is 2.26. The standard InChI is InChI=1S/C9H18N2/c1-4-9-5-6-11(10-9)7-8(2)3/h5-6,8-10H,4,7H2,1-3H3. The monoisotopic (exact) mass is 154 g/mol. The van der Waals surface area contributed by atoms with E-state index in [1.54, 1.807) is 0 Å². The van der Waals surface area contributed by atoms with Gasteiger partial charge in [0.1, 0.15) is 0 Å². The van der Waals surface area contributed by atoms with Crippen molar-refractivity contribution in [2.24, 2.45) is 5.92 Å². The van der Waals surface area contributed by atoms with Crippen molar-refractivity contribution in [3.63, 3.8) is 0 Å². The Morgan fingerprint density at radius 1 is 1.55 bits per heavy atom. The minimum Gasteiger partial charge on any atom is -0.315 e. The fourth-order valence-corrected chi connectivity index (χ4v) is 1.24. The van der Waals surface area contributed by atoms with Crippen molar-refractivity contribution in [2.45, 2.75) is 33.2 Å². The lowest BCUT2D eigenvalue weighted by Gasteiger charge is -2.20. The van der Waals surface area contributed by atoms with Crippen LogP contribution in [0.3, 0.4) is 0 Å². The molecule has 0 bridgehead atoms. The molecule has 1 rings (SSSR count). The molecule has 0 radical (unpaired) electrons. The number of hydrogen-bond donors (Lipinski definition) is 1. The smallest absolute Gasteiger partial charge is 0.0457 e. The van der Waals surface area contributed by atoms with Gasteiger partial charge < -0.3 is 5.01 Å². The van der Waals surface area contributed by atoms with Gasteiger partial charge in [-0.1, -0.05) is 20.8 Å². The molecule has 0 aliphatic carbocycles. The first-order chi connectivity index (χ1) is 5.22. The van der Waals surface area contributed by atoms with E-state index < -0.39 is 0 Å². The molecule has 0 fully saturated rings. The highest BCUT2D eigenvalue weighted by molar-refractivity contribution is 4.97. The Morgan fingerprint density at radius 2 is 2.27 bits per heavy atom. The molecule has 2 nitrogen and oxygen atoms in total. The highest BCUT2D eigenvalue weighted by Gasteiger charge is 2.12. The molecule has 0 saturated heterocycles. The summed E-state index contributed by atoms with van der Waals surface area (Å²) >= 11 is 0. The van der Waals surface area contributed by atoms with Gasteiger partial charge in [-0.25, -0.2) is 5.43 Å². The minimum absolute atomic E-state index is 0.564. The first kappa shape index (κ1) is 8.60. The van der Waals surface area contributed by atoms with Crippen molar-refractivity contribution < 1.29 is 0 Å². The summed E-state index contributed by atoms with van der Waals surface area (Å²) in [6.45, 7) is 7.76. The second-order valence-electron chi connectivity index (χ2n) is 3.53. The van der Waals surface area contributed by atoms with Crippen LogP contribution >= 0.6 is 0 Å². The lowest BCUT2D eigenvalue weighted by atomic mass is 10.2. The normalized spacial score (nSPS) is 23.6. The maximum Gasteiger partial charge on any atom is 0.0457 e. The lowest BCUT2D eigenvalue weighted by Crippen LogP contribution is -2.36. The van der Waals surface area contributed by atoms with Gasteiger partial charge in [-0.15, -0.1) is 0 Å². The van der Waals surface area contributed by atoms with Gasteiger partial charge in [0.2, 0.25) is 0 Å². The van der Waals surface area contributed by atoms with Crippen LogP contribution in [0.15, 0.2) is 12.3 Å². The molecule has 0 amide bonds. The predicted molar refractivity (Wildman–Crippen MR) is 47.9 cm³/mol. The maximum atomic E-state index is 3.39. The Labute approximate surface area is 69.2 Å². The van der Waals surface area contributed by atoms with Gasteiger partial charge >= 0.3 is 0 Å². The zero-order valence-electron chi connectivity index (χ0n) is 7.67. The van der Waals surface area contributed by atoms with Crippen LogP contribution in [0.1, 0.15) is 27.2 Å². The minimum atomic E-state index is 0.564. The van der Waals surface area contributed by atoms with Gasteiger partial charge in [0, 0.05) is 18.8 Å². The zero-order valence-corrected chi connectivity index (χ0v) is 7.67. The molecule has 0 aromatic carbocycles. The van der Waals surface area contributed by atoms with Crippen LogP contribution in [0.4, 0.5) is 0 Å². The molecular weight excluding hydrogens is 136 g/mol. The topological polar surface area (TPSA) is 15.3 Å². The molecule has 0 saturated carbocycles. The summed E-state index contributed by atoms with van der Waals surface area (Å²) in [5.41, 5.74) is 3.39. The summed E-state index contributed by atoms with van der Waals surface area (Å²) in [6.07, 6.45) is 5.54. The number of nitrogens with zero attached hydrogens (tertiary/aromatic N) is 1. The molecule has 1 aliphatic rings. The molecule has 1 unspecified atom stereocenters. The molecule has 2 heteroatoms. The Kier molecular flexibility index (Phi) is 2.94. The zero-order chi connectivity index (χ0) is 8.27. The number of rotatable bonds is 3. The number of hydrogen-bond acceptors (Lipinski definition) is 2. The fourth-order valence-electron chi connectivity index (χ4n) is 1.24. The molecule has 0 aromatic heterocycles. The van der Waals surface area contributed by atoms with Crippen molar-refractivity contribution in [2.75, 3.05) is 6.54 Å². The fraction of sp³-hybridized carbons (Fsp3) is 0.778. The Bertz CT molecular complexity index is 140. The van der Waals surface area contributed by atoms with Gasteiger partial charge in [-0.3, -0.25) is 0 Å². The summed E-state index contributed by atoms with van der Waals surface area (Å²) in [5.74, 6) is 0.725. The van der Waals surface area contributed by atoms with Crippen LogP contribution in [0.25, 0.3) is 0 Å². The SMILES string of the molecule is CCC1C=CN(CC(C)C)N1. The van der Waals surface area contributed by atoms with E-state index in [-0.39, 0.29) is 0 Å². The third-order valence-corrected chi connectivity index (χ3v) is 1.83. The second-order valence-corrected chi connectivity index (χ2v) is 3.53. The van der Waals surface area contributed by atoms with Crippen LogP contribution in [0, 0.1) is 5.92 Å². The highest BCUT2D eigenvalue weighted by atomic mass is 15.5. The number of hydrazine groups is 1. The van der Waals surface area contributed by atoms with Crippen molar-refractivity contribution in [3.05, 3.63) is 12.3 Å². The molecule has 11 heavy (non-hydrogen) atoms. The largest absolute Gasteiger partial charge is 0.315 e. The Morgan fingerprint density at radius 3 is 2.73 bits per heavy atom. The summed E-state index contributed by atoms with van der Waals surface area (Å²) in [5, 5.41) is 2.18. The van der Waals surface area contributed by atoms with E-state index in [1.165, 1.54) is 6.42 Å². The third-order valence-electron chi connectivity index (χ3n) is 1.83. The van der Waals surface area contributed by atoms with Crippen molar-refractivity contribution in [3.8, 4) is 0 Å². The molecule has 0 aromatic rings. The van der Waals surface area contributed by atoms with E-state index in [4.69, 9.17) is 0 Å². The average molecular weight is 154 g/mol. The first-order valence-electron chi connectivity index (χ1n) is 4.43. The van der Waals surface area contributed by atoms with Crippen molar-refractivity contribution >= 4 is 0 Å². The molecule has 1 N–H and O–H groups in total. The van der Waals surface area contributed by atoms with Crippen LogP contribution in [0.5, 0.6) is 0 Å². The van der Waals surface area contributed by atoms with Crippen LogP contribution < -0.4 is 5.43 Å². The van der Waals surface area contributed by atoms with E-state index in [9.17, 15) is 0 Å². The number of nitrogens with one attached hydrogen (secondary N) is 1. The predicted octanol–water partition coefficient (Wildman–Crippen LogP) is 1.75. The summed E-state index contributed by atoms with van der Waals surface area (Å²) in [6, 6.07) is 0.564. The van der Waals surface area contributed by atoms with Gasteiger partial charge in [0.15, 0.2) is 0 Å². The maximum absolute atomic E-state index is 3.39. The highest BCUT2D eigenvalue weighted by Crippen LogP contribution is 2.06. The molecular formula is C9H18N2. The molecule has 0 spiro atoms. The van der Waals surface area contributed by atoms with E-state index in [0.29, 0.717) is 6.04 Å². The van der Waals surface area contributed by atoms with Gasteiger partial charge in [0.25, 0.3) is 0 Å². The third kappa shape index (κ3) is 2.54. The quantitative estimate of drug-likeness (QED) is 0.666. The summed E-state index contributed by atoms with van der Waals surface area (Å²) < 4.78 is 0. The van der Waals surface area contributed by atoms with Gasteiger partial charge in [0.05, 0.1) is 0 Å². The van der Waals surface area contributed by atoms with Crippen LogP contribution in [0.2, 0.25) is 0 Å². The molecule has 64 valence electrons. The average Bonchev–Trinajstić information content (AvgIpc) is 2.34. The first-order valence-corrected chi connectivity index (χ1v) is 4.43. The Hall–Kier alpha value is -0.500. The van der Waals surface area contributed by atoms with Gasteiger partial charge in [-0.2, -0.15) is 0 Å². The summed E-state index contributed by atoms with van der Waals surface area (Å²) in [7, 11) is 0. The van der Waals surface area contributed by atoms with E-state index in [2.05, 4.69) is 43.5 Å². The molecule has 1 atom stereocenters. The van der Waals surface area contributed by atoms with Crippen molar-refractivity contribution in [1.82, 2.24) is 10.4 Å². The summed E-state index contributed by atoms with van der Waals surface area (Å²) in [4.78, 5) is 0.